The fourth-order valence-electron chi connectivity index (χ4n) is 8.04. The summed E-state index contributed by atoms with van der Waals surface area (Å²) in [6, 6.07) is -0.987. The van der Waals surface area contributed by atoms with E-state index in [0.29, 0.717) is 12.8 Å². The van der Waals surface area contributed by atoms with Gasteiger partial charge in [-0.25, -0.2) is 0 Å². The van der Waals surface area contributed by atoms with Gasteiger partial charge in [-0.1, -0.05) is 108 Å². The number of nitrogens with one attached hydrogen (secondary N) is 1. The van der Waals surface area contributed by atoms with Crippen molar-refractivity contribution in [1.82, 2.24) is 5.32 Å². The van der Waals surface area contributed by atoms with Gasteiger partial charge in [0.25, 0.3) is 0 Å². The molecule has 0 aliphatic carbocycles. The number of carbonyl (C=O) groups excluding carboxylic acids is 1. The van der Waals surface area contributed by atoms with E-state index in [9.17, 15) is 61.0 Å². The molecule has 0 bridgehead atoms. The third kappa shape index (κ3) is 19.1. The number of hydrogen-bond donors (Lipinski definition) is 12. The van der Waals surface area contributed by atoms with Crippen LogP contribution in [0.1, 0.15) is 123 Å². The van der Waals surface area contributed by atoms with Crippen molar-refractivity contribution in [1.29, 1.82) is 0 Å². The number of hydrogen-bond acceptors (Lipinski definition) is 18. The van der Waals surface area contributed by atoms with E-state index >= 15 is 0 Å². The van der Waals surface area contributed by atoms with Crippen LogP contribution in [0.25, 0.3) is 0 Å². The molecule has 0 saturated carbocycles. The van der Waals surface area contributed by atoms with Gasteiger partial charge >= 0.3 is 0 Å². The maximum Gasteiger partial charge on any atom is 0.220 e. The number of carbonyl (C=O) groups is 1. The van der Waals surface area contributed by atoms with Crippen molar-refractivity contribution < 1.29 is 89.4 Å². The second-order valence-electron chi connectivity index (χ2n) is 17.6. The van der Waals surface area contributed by atoms with E-state index in [2.05, 4.69) is 43.5 Å². The number of ether oxygens (including phenoxy) is 6. The Morgan fingerprint density at radius 3 is 1.52 bits per heavy atom. The molecule has 0 aromatic rings. The molecule has 19 heteroatoms. The van der Waals surface area contributed by atoms with Crippen LogP contribution in [-0.4, -0.2) is 193 Å². The Labute approximate surface area is 390 Å². The third-order valence-corrected chi connectivity index (χ3v) is 12.2. The summed E-state index contributed by atoms with van der Waals surface area (Å²) < 4.78 is 33.9. The zero-order valence-corrected chi connectivity index (χ0v) is 38.9. The molecular formula is C47H83NO18. The lowest BCUT2D eigenvalue weighted by Crippen LogP contribution is -2.66. The summed E-state index contributed by atoms with van der Waals surface area (Å²) in [5.74, 6) is -0.311. The minimum absolute atomic E-state index is 0.223. The number of amides is 1. The van der Waals surface area contributed by atoms with Crippen LogP contribution in [0.2, 0.25) is 0 Å². The van der Waals surface area contributed by atoms with Crippen LogP contribution in [0.5, 0.6) is 0 Å². The van der Waals surface area contributed by atoms with E-state index in [1.165, 1.54) is 44.9 Å². The van der Waals surface area contributed by atoms with Crippen molar-refractivity contribution in [3.05, 3.63) is 36.5 Å². The van der Waals surface area contributed by atoms with Crippen LogP contribution >= 0.6 is 0 Å². The Bertz CT molecular complexity index is 1370. The number of unbranched alkanes of at least 4 members (excludes halogenated alkanes) is 12. The normalized spacial score (nSPS) is 34.1. The summed E-state index contributed by atoms with van der Waals surface area (Å²) in [5.41, 5.74) is 0. The highest BCUT2D eigenvalue weighted by molar-refractivity contribution is 5.76. The van der Waals surface area contributed by atoms with Crippen molar-refractivity contribution in [2.24, 2.45) is 0 Å². The first-order valence-corrected chi connectivity index (χ1v) is 24.2. The van der Waals surface area contributed by atoms with E-state index in [1.807, 2.05) is 0 Å². The summed E-state index contributed by atoms with van der Waals surface area (Å²) in [6.07, 6.45) is 2.44. The van der Waals surface area contributed by atoms with Crippen LogP contribution < -0.4 is 5.32 Å². The predicted molar refractivity (Wildman–Crippen MR) is 240 cm³/mol. The molecule has 3 aliphatic rings. The Morgan fingerprint density at radius 1 is 0.530 bits per heavy atom. The summed E-state index contributed by atoms with van der Waals surface area (Å²) in [7, 11) is 0. The molecule has 384 valence electrons. The maximum atomic E-state index is 12.9. The second kappa shape index (κ2) is 32.8. The van der Waals surface area contributed by atoms with Gasteiger partial charge in [0.15, 0.2) is 18.9 Å². The molecule has 3 aliphatic heterocycles. The summed E-state index contributed by atoms with van der Waals surface area (Å²) in [6.45, 7) is 1.49. The van der Waals surface area contributed by atoms with Gasteiger partial charge in [0.1, 0.15) is 73.2 Å². The summed E-state index contributed by atoms with van der Waals surface area (Å²) in [5, 5.41) is 119. The highest BCUT2D eigenvalue weighted by Gasteiger charge is 2.53. The molecule has 0 radical (unpaired) electrons. The number of aliphatic hydroxyl groups is 11. The molecule has 3 rings (SSSR count). The lowest BCUT2D eigenvalue weighted by Gasteiger charge is -2.48. The van der Waals surface area contributed by atoms with Crippen molar-refractivity contribution >= 4 is 5.91 Å². The molecule has 17 atom stereocenters. The van der Waals surface area contributed by atoms with Crippen molar-refractivity contribution in [2.45, 2.75) is 227 Å². The summed E-state index contributed by atoms with van der Waals surface area (Å²) in [4.78, 5) is 12.9. The van der Waals surface area contributed by atoms with Crippen LogP contribution in [-0.2, 0) is 33.2 Å². The molecular weight excluding hydrogens is 867 g/mol. The van der Waals surface area contributed by atoms with Gasteiger partial charge in [-0.05, 0) is 44.9 Å². The van der Waals surface area contributed by atoms with Gasteiger partial charge in [-0.15, -0.1) is 0 Å². The van der Waals surface area contributed by atoms with Crippen LogP contribution in [0, 0.1) is 0 Å². The smallest absolute Gasteiger partial charge is 0.220 e. The molecule has 3 saturated heterocycles. The first-order valence-electron chi connectivity index (χ1n) is 24.2. The van der Waals surface area contributed by atoms with Crippen LogP contribution in [0.3, 0.4) is 0 Å². The molecule has 3 fully saturated rings. The topological polar surface area (TPSA) is 307 Å². The average molecular weight is 950 g/mol. The average Bonchev–Trinajstić information content (AvgIpc) is 3.31. The lowest BCUT2D eigenvalue weighted by atomic mass is 9.96. The van der Waals surface area contributed by atoms with Gasteiger partial charge in [0.05, 0.1) is 38.6 Å². The third-order valence-electron chi connectivity index (χ3n) is 12.2. The Balaban J connectivity index is 1.55. The summed E-state index contributed by atoms with van der Waals surface area (Å²) >= 11 is 0. The number of allylic oxidation sites excluding steroid dienone is 5. The SMILES string of the molecule is CCCCCCCCC/C=C/CC/C=C/CC/C=C/C(O)C(COC1OC(CO)C(OC2OC(CO)C(OC3OC(CO)C(O)C(O)C3O)C(O)C2O)C(O)C1O)NC(=O)CCCCCC. The molecule has 0 spiro atoms. The minimum atomic E-state index is -1.98. The largest absolute Gasteiger partial charge is 0.394 e. The lowest BCUT2D eigenvalue weighted by molar-refractivity contribution is -0.379. The molecule has 17 unspecified atom stereocenters. The molecule has 0 aromatic carbocycles. The van der Waals surface area contributed by atoms with E-state index in [1.54, 1.807) is 12.2 Å². The number of rotatable bonds is 32. The second-order valence-corrected chi connectivity index (χ2v) is 17.6. The fraction of sp³-hybridized carbons (Fsp3) is 0.851. The molecule has 66 heavy (non-hydrogen) atoms. The Kier molecular flexibility index (Phi) is 28.9. The maximum absolute atomic E-state index is 12.9. The van der Waals surface area contributed by atoms with Gasteiger partial charge in [-0.2, -0.15) is 0 Å². The highest BCUT2D eigenvalue weighted by atomic mass is 16.8. The van der Waals surface area contributed by atoms with Gasteiger partial charge in [0.2, 0.25) is 5.91 Å². The molecule has 12 N–H and O–H groups in total. The van der Waals surface area contributed by atoms with E-state index in [-0.39, 0.29) is 18.9 Å². The monoisotopic (exact) mass is 950 g/mol. The Morgan fingerprint density at radius 2 is 0.970 bits per heavy atom. The highest BCUT2D eigenvalue weighted by Crippen LogP contribution is 2.33. The molecule has 19 nitrogen and oxygen atoms in total. The predicted octanol–water partition coefficient (Wildman–Crippen LogP) is 0.637. The molecule has 1 amide bonds. The van der Waals surface area contributed by atoms with E-state index < -0.39 is 124 Å². The van der Waals surface area contributed by atoms with Crippen molar-refractivity contribution in [3.8, 4) is 0 Å². The zero-order valence-electron chi connectivity index (χ0n) is 38.9. The first-order chi connectivity index (χ1) is 31.8. The molecule has 0 aromatic heterocycles. The van der Waals surface area contributed by atoms with Crippen molar-refractivity contribution in [2.75, 3.05) is 26.4 Å². The van der Waals surface area contributed by atoms with Gasteiger partial charge in [-0.3, -0.25) is 4.79 Å². The standard InChI is InChI=1S/C47H83NO18/c1-3-5-7-9-10-11-12-13-14-15-16-17-18-19-20-21-22-24-31(52)30(48-35(53)25-23-8-6-4-2)29-61-45-41(59)38(56)43(33(27-50)63-45)66-47-42(60)39(57)44(34(28-51)64-47)65-46-40(58)37(55)36(54)32(26-49)62-46/h14-15,18-19,22,24,30-34,36-47,49-52,54-60H,3-13,16-17,20-21,23,25-29H2,1-2H3,(H,48,53)/b15-14+,19-18+,24-22+. The zero-order chi connectivity index (χ0) is 48.4. The Hall–Kier alpha value is -1.99. The van der Waals surface area contributed by atoms with Crippen molar-refractivity contribution in [3.63, 3.8) is 0 Å². The molecule has 3 heterocycles. The van der Waals surface area contributed by atoms with Gasteiger partial charge in [0, 0.05) is 6.42 Å². The quantitative estimate of drug-likeness (QED) is 0.0325. The fourth-order valence-corrected chi connectivity index (χ4v) is 8.04. The van der Waals surface area contributed by atoms with E-state index in [0.717, 1.165) is 44.9 Å². The minimum Gasteiger partial charge on any atom is -0.394 e. The van der Waals surface area contributed by atoms with Gasteiger partial charge < -0.3 is 89.9 Å². The number of aliphatic hydroxyl groups excluding tert-OH is 11. The first kappa shape index (κ1) is 58.3. The van der Waals surface area contributed by atoms with E-state index in [4.69, 9.17) is 28.4 Å². The van der Waals surface area contributed by atoms with Crippen LogP contribution in [0.4, 0.5) is 0 Å². The van der Waals surface area contributed by atoms with Crippen LogP contribution in [0.15, 0.2) is 36.5 Å².